The summed E-state index contributed by atoms with van der Waals surface area (Å²) in [5.41, 5.74) is 0. The summed E-state index contributed by atoms with van der Waals surface area (Å²) in [7, 11) is -7.46. The second-order valence-electron chi connectivity index (χ2n) is 2.30. The second kappa shape index (κ2) is 4.31. The fourth-order valence-electron chi connectivity index (χ4n) is 0.611. The minimum Gasteiger partial charge on any atom is -0.227 e. The molecule has 13 heavy (non-hydrogen) atoms. The van der Waals surface area contributed by atoms with Crippen LogP contribution < -0.4 is 0 Å². The maximum absolute atomic E-state index is 10.9. The van der Waals surface area contributed by atoms with E-state index in [1.54, 1.807) is 0 Å². The molecule has 0 saturated carbocycles. The van der Waals surface area contributed by atoms with E-state index in [2.05, 4.69) is 0 Å². The first-order chi connectivity index (χ1) is 5.83. The molecule has 0 fully saturated rings. The molecule has 6 heteroatoms. The van der Waals surface area contributed by atoms with Crippen LogP contribution >= 0.6 is 0 Å². The van der Waals surface area contributed by atoms with Crippen LogP contribution in [0, 0.1) is 24.7 Å². The Bertz CT molecular complexity index is 398. The summed E-state index contributed by atoms with van der Waals surface area (Å²) < 4.78 is 43.7. The lowest BCUT2D eigenvalue weighted by atomic mass is 10.8. The van der Waals surface area contributed by atoms with E-state index in [1.807, 2.05) is 11.8 Å². The average Bonchev–Trinajstić information content (AvgIpc) is 1.82. The van der Waals surface area contributed by atoms with Gasteiger partial charge >= 0.3 is 0 Å². The Hall–Kier alpha value is -0.980. The molecule has 0 rings (SSSR count). The zero-order chi connectivity index (χ0) is 10.5. The molecule has 0 spiro atoms. The second-order valence-corrected chi connectivity index (χ2v) is 6.80. The Morgan fingerprint density at radius 2 is 1.15 bits per heavy atom. The predicted molar refractivity (Wildman–Crippen MR) is 50.1 cm³/mol. The van der Waals surface area contributed by atoms with Gasteiger partial charge in [-0.2, -0.15) is 0 Å². The third-order valence-corrected chi connectivity index (χ3v) is 5.05. The lowest BCUT2D eigenvalue weighted by Gasteiger charge is -1.98. The first-order valence-corrected chi connectivity index (χ1v) is 6.75. The van der Waals surface area contributed by atoms with Gasteiger partial charge in [-0.15, -0.1) is 12.8 Å². The topological polar surface area (TPSA) is 68.3 Å². The van der Waals surface area contributed by atoms with Crippen LogP contribution in [0.5, 0.6) is 0 Å². The van der Waals surface area contributed by atoms with Crippen molar-refractivity contribution in [1.29, 1.82) is 0 Å². The molecule has 0 amide bonds. The molecule has 0 aliphatic carbocycles. The zero-order valence-electron chi connectivity index (χ0n) is 6.73. The van der Waals surface area contributed by atoms with Crippen molar-refractivity contribution in [2.45, 2.75) is 0 Å². The smallest absolute Gasteiger partial charge is 0.175 e. The summed E-state index contributed by atoms with van der Waals surface area (Å²) in [6, 6.07) is 0. The van der Waals surface area contributed by atoms with Gasteiger partial charge in [-0.05, 0) is 0 Å². The van der Waals surface area contributed by atoms with Crippen LogP contribution in [0.2, 0.25) is 0 Å². The van der Waals surface area contributed by atoms with Gasteiger partial charge in [0.05, 0.1) is 0 Å². The van der Waals surface area contributed by atoms with Crippen molar-refractivity contribution in [3.05, 3.63) is 0 Å². The van der Waals surface area contributed by atoms with Crippen molar-refractivity contribution in [2.24, 2.45) is 0 Å². The highest BCUT2D eigenvalue weighted by Crippen LogP contribution is 1.98. The van der Waals surface area contributed by atoms with E-state index in [1.165, 1.54) is 0 Å². The van der Waals surface area contributed by atoms with Crippen LogP contribution in [0.15, 0.2) is 0 Å². The number of sulfone groups is 2. The molecule has 0 aromatic rings. The molecule has 0 aliphatic rings. The summed E-state index contributed by atoms with van der Waals surface area (Å²) in [4.78, 5) is 0. The van der Waals surface area contributed by atoms with Gasteiger partial charge in [0.25, 0.3) is 0 Å². The van der Waals surface area contributed by atoms with Gasteiger partial charge in [-0.3, -0.25) is 0 Å². The molecular formula is C7H8O4S2. The van der Waals surface area contributed by atoms with E-state index in [0.29, 0.717) is 0 Å². The van der Waals surface area contributed by atoms with Gasteiger partial charge in [0, 0.05) is 0 Å². The summed E-state index contributed by atoms with van der Waals surface area (Å²) in [5.74, 6) is 2.56. The van der Waals surface area contributed by atoms with E-state index >= 15 is 0 Å². The fraction of sp³-hybridized carbons (Fsp3) is 0.429. The SMILES string of the molecule is C#CCS(=O)(=O)CS(=O)(=O)CC#C. The maximum atomic E-state index is 10.9. The fourth-order valence-corrected chi connectivity index (χ4v) is 3.97. The molecule has 0 aliphatic heterocycles. The van der Waals surface area contributed by atoms with Crippen LogP contribution in [0.3, 0.4) is 0 Å². The minimum absolute atomic E-state index is 0.587. The first-order valence-electron chi connectivity index (χ1n) is 3.11. The molecule has 0 heterocycles. The van der Waals surface area contributed by atoms with Crippen LogP contribution in [0.25, 0.3) is 0 Å². The number of hydrogen-bond acceptors (Lipinski definition) is 4. The van der Waals surface area contributed by atoms with Gasteiger partial charge < -0.3 is 0 Å². The molecule has 0 aromatic carbocycles. The van der Waals surface area contributed by atoms with Crippen LogP contribution in [0.1, 0.15) is 0 Å². The van der Waals surface area contributed by atoms with E-state index in [0.717, 1.165) is 0 Å². The van der Waals surface area contributed by atoms with Crippen molar-refractivity contribution in [2.75, 3.05) is 16.6 Å². The molecular weight excluding hydrogens is 212 g/mol. The summed E-state index contributed by atoms with van der Waals surface area (Å²) in [6.45, 7) is 0. The van der Waals surface area contributed by atoms with Crippen LogP contribution in [-0.2, 0) is 19.7 Å². The highest BCUT2D eigenvalue weighted by molar-refractivity contribution is 8.08. The van der Waals surface area contributed by atoms with Gasteiger partial charge in [-0.25, -0.2) is 16.8 Å². The molecule has 0 N–H and O–H groups in total. The quantitative estimate of drug-likeness (QED) is 0.572. The number of rotatable bonds is 4. The standard InChI is InChI=1S/C7H8O4S2/c1-3-5-12(8,9)7-13(10,11)6-4-2/h1-2H,5-7H2. The monoisotopic (exact) mass is 220 g/mol. The van der Waals surface area contributed by atoms with Crippen molar-refractivity contribution < 1.29 is 16.8 Å². The Morgan fingerprint density at radius 3 is 1.38 bits per heavy atom. The number of hydrogen-bond donors (Lipinski definition) is 0. The van der Waals surface area contributed by atoms with Crippen LogP contribution in [-0.4, -0.2) is 33.4 Å². The average molecular weight is 220 g/mol. The molecule has 72 valence electrons. The van der Waals surface area contributed by atoms with Crippen molar-refractivity contribution in [3.63, 3.8) is 0 Å². The zero-order valence-corrected chi connectivity index (χ0v) is 8.36. The molecule has 0 atom stereocenters. The molecule has 4 nitrogen and oxygen atoms in total. The first kappa shape index (κ1) is 12.0. The minimum atomic E-state index is -3.73. The van der Waals surface area contributed by atoms with Crippen molar-refractivity contribution >= 4 is 19.7 Å². The Kier molecular flexibility index (Phi) is 3.99. The Balaban J connectivity index is 4.68. The Morgan fingerprint density at radius 1 is 0.846 bits per heavy atom. The van der Waals surface area contributed by atoms with Gasteiger partial charge in [0.15, 0.2) is 24.8 Å². The predicted octanol–water partition coefficient (Wildman–Crippen LogP) is -0.960. The van der Waals surface area contributed by atoms with Crippen molar-refractivity contribution in [1.82, 2.24) is 0 Å². The third-order valence-electron chi connectivity index (χ3n) is 0.966. The van der Waals surface area contributed by atoms with Gasteiger partial charge in [0.1, 0.15) is 11.5 Å². The molecule has 0 radical (unpaired) electrons. The summed E-state index contributed by atoms with van der Waals surface area (Å²) >= 11 is 0. The van der Waals surface area contributed by atoms with E-state index in [-0.39, 0.29) is 0 Å². The van der Waals surface area contributed by atoms with E-state index < -0.39 is 36.3 Å². The highest BCUT2D eigenvalue weighted by atomic mass is 32.3. The van der Waals surface area contributed by atoms with Gasteiger partial charge in [-0.1, -0.05) is 11.8 Å². The lowest BCUT2D eigenvalue weighted by Crippen LogP contribution is -2.20. The number of terminal acetylenes is 2. The molecule has 0 aromatic heterocycles. The normalized spacial score (nSPS) is 11.5. The van der Waals surface area contributed by atoms with E-state index in [4.69, 9.17) is 12.8 Å². The summed E-state index contributed by atoms with van der Waals surface area (Å²) in [6.07, 6.45) is 9.49. The van der Waals surface area contributed by atoms with E-state index in [9.17, 15) is 16.8 Å². The Labute approximate surface area is 78.2 Å². The molecule has 0 saturated heterocycles. The summed E-state index contributed by atoms with van der Waals surface area (Å²) in [5, 5.41) is -0.978. The largest absolute Gasteiger partial charge is 0.227 e. The molecule has 0 unspecified atom stereocenters. The maximum Gasteiger partial charge on any atom is 0.175 e. The third kappa shape index (κ3) is 5.29. The van der Waals surface area contributed by atoms with Crippen molar-refractivity contribution in [3.8, 4) is 24.7 Å². The van der Waals surface area contributed by atoms with Gasteiger partial charge in [0.2, 0.25) is 0 Å². The molecule has 0 bridgehead atoms. The van der Waals surface area contributed by atoms with Crippen LogP contribution in [0.4, 0.5) is 0 Å². The highest BCUT2D eigenvalue weighted by Gasteiger charge is 2.20. The lowest BCUT2D eigenvalue weighted by molar-refractivity contribution is 0.592.